The molecular weight excluding hydrogens is 256 g/mol. The van der Waals surface area contributed by atoms with Gasteiger partial charge in [0, 0.05) is 12.1 Å². The Balaban J connectivity index is 2.93. The molecule has 5 heteroatoms. The van der Waals surface area contributed by atoms with Crippen molar-refractivity contribution in [3.8, 4) is 0 Å². The predicted molar refractivity (Wildman–Crippen MR) is 70.4 cm³/mol. The summed E-state index contributed by atoms with van der Waals surface area (Å²) in [6.45, 7) is 7.40. The average Bonchev–Trinajstić information content (AvgIpc) is 2.22. The molecular formula is C13H19F2NOS. The number of rotatable bonds is 4. The van der Waals surface area contributed by atoms with Crippen molar-refractivity contribution in [2.45, 2.75) is 44.9 Å². The SMILES string of the molecule is CC[C@@H](NS(=O)C(C)(C)C)c1cc(F)cc(F)c1. The molecule has 0 bridgehead atoms. The first kappa shape index (κ1) is 15.2. The standard InChI is InChI=1S/C13H19F2NOS/c1-5-12(16-18(17)13(2,3)4)9-6-10(14)8-11(15)7-9/h6-8,12,16H,5H2,1-4H3/t12-,18?/m1/s1. The van der Waals surface area contributed by atoms with Crippen LogP contribution in [-0.4, -0.2) is 8.96 Å². The van der Waals surface area contributed by atoms with Crippen LogP contribution in [0.15, 0.2) is 18.2 Å². The summed E-state index contributed by atoms with van der Waals surface area (Å²) in [6.07, 6.45) is 0.602. The summed E-state index contributed by atoms with van der Waals surface area (Å²) < 4.78 is 40.8. The third kappa shape index (κ3) is 4.14. The van der Waals surface area contributed by atoms with Crippen LogP contribution in [0.4, 0.5) is 8.78 Å². The van der Waals surface area contributed by atoms with Crippen LogP contribution in [0.5, 0.6) is 0 Å². The van der Waals surface area contributed by atoms with Crippen LogP contribution in [0.3, 0.4) is 0 Å². The van der Waals surface area contributed by atoms with E-state index in [9.17, 15) is 13.0 Å². The molecule has 1 aromatic rings. The van der Waals surface area contributed by atoms with Crippen LogP contribution in [0.2, 0.25) is 0 Å². The Bertz CT molecular complexity index is 423. The molecule has 0 aliphatic rings. The van der Waals surface area contributed by atoms with Crippen molar-refractivity contribution >= 4 is 11.0 Å². The highest BCUT2D eigenvalue weighted by atomic mass is 32.2. The molecule has 1 aromatic carbocycles. The van der Waals surface area contributed by atoms with Crippen molar-refractivity contribution < 1.29 is 13.0 Å². The van der Waals surface area contributed by atoms with Gasteiger partial charge in [-0.25, -0.2) is 17.7 Å². The molecule has 0 amide bonds. The number of nitrogens with one attached hydrogen (secondary N) is 1. The van der Waals surface area contributed by atoms with E-state index in [2.05, 4.69) is 4.72 Å². The fourth-order valence-electron chi connectivity index (χ4n) is 1.47. The van der Waals surface area contributed by atoms with Gasteiger partial charge in [0.05, 0.1) is 15.7 Å². The number of benzene rings is 1. The van der Waals surface area contributed by atoms with Crippen molar-refractivity contribution in [2.75, 3.05) is 0 Å². The molecule has 1 N–H and O–H groups in total. The van der Waals surface area contributed by atoms with Gasteiger partial charge in [0.2, 0.25) is 0 Å². The van der Waals surface area contributed by atoms with Gasteiger partial charge in [-0.15, -0.1) is 0 Å². The second kappa shape index (κ2) is 5.89. The van der Waals surface area contributed by atoms with Crippen LogP contribution in [0.1, 0.15) is 45.7 Å². The Kier molecular flexibility index (Phi) is 4.99. The molecule has 2 atom stereocenters. The van der Waals surface area contributed by atoms with Crippen molar-refractivity contribution in [1.29, 1.82) is 0 Å². The average molecular weight is 275 g/mol. The van der Waals surface area contributed by atoms with Gasteiger partial charge in [-0.05, 0) is 44.9 Å². The molecule has 102 valence electrons. The molecule has 1 rings (SSSR count). The van der Waals surface area contributed by atoms with E-state index in [0.29, 0.717) is 12.0 Å². The van der Waals surface area contributed by atoms with Gasteiger partial charge in [-0.2, -0.15) is 0 Å². The molecule has 0 heterocycles. The van der Waals surface area contributed by atoms with E-state index in [1.165, 1.54) is 12.1 Å². The lowest BCUT2D eigenvalue weighted by atomic mass is 10.1. The zero-order valence-corrected chi connectivity index (χ0v) is 11.9. The van der Waals surface area contributed by atoms with Crippen LogP contribution >= 0.6 is 0 Å². The molecule has 0 saturated heterocycles. The van der Waals surface area contributed by atoms with E-state index in [-0.39, 0.29) is 6.04 Å². The smallest absolute Gasteiger partial charge is 0.126 e. The molecule has 1 unspecified atom stereocenters. The topological polar surface area (TPSA) is 29.1 Å². The Hall–Kier alpha value is -0.810. The van der Waals surface area contributed by atoms with E-state index in [0.717, 1.165) is 6.07 Å². The van der Waals surface area contributed by atoms with Crippen LogP contribution < -0.4 is 4.72 Å². The fraction of sp³-hybridized carbons (Fsp3) is 0.538. The van der Waals surface area contributed by atoms with Gasteiger partial charge in [-0.3, -0.25) is 0 Å². The van der Waals surface area contributed by atoms with Crippen LogP contribution in [-0.2, 0) is 11.0 Å². The monoisotopic (exact) mass is 275 g/mol. The van der Waals surface area contributed by atoms with Gasteiger partial charge in [0.25, 0.3) is 0 Å². The van der Waals surface area contributed by atoms with E-state index < -0.39 is 27.4 Å². The summed E-state index contributed by atoms with van der Waals surface area (Å²) in [6, 6.07) is 3.04. The van der Waals surface area contributed by atoms with Crippen molar-refractivity contribution in [1.82, 2.24) is 4.72 Å². The molecule has 18 heavy (non-hydrogen) atoms. The number of hydrogen-bond donors (Lipinski definition) is 1. The predicted octanol–water partition coefficient (Wildman–Crippen LogP) is 3.47. The second-order valence-electron chi connectivity index (χ2n) is 5.16. The Morgan fingerprint density at radius 2 is 1.72 bits per heavy atom. The molecule has 0 aliphatic heterocycles. The third-order valence-electron chi connectivity index (χ3n) is 2.50. The second-order valence-corrected chi connectivity index (χ2v) is 7.16. The summed E-state index contributed by atoms with van der Waals surface area (Å²) in [5, 5.41) is 0. The Morgan fingerprint density at radius 1 is 1.22 bits per heavy atom. The van der Waals surface area contributed by atoms with Crippen LogP contribution in [0.25, 0.3) is 0 Å². The van der Waals surface area contributed by atoms with E-state index in [4.69, 9.17) is 0 Å². The lowest BCUT2D eigenvalue weighted by molar-refractivity contribution is 0.557. The summed E-state index contributed by atoms with van der Waals surface area (Å²) in [5.74, 6) is -1.24. The minimum absolute atomic E-state index is 0.324. The van der Waals surface area contributed by atoms with Gasteiger partial charge in [-0.1, -0.05) is 6.92 Å². The minimum atomic E-state index is -1.28. The van der Waals surface area contributed by atoms with Crippen molar-refractivity contribution in [3.63, 3.8) is 0 Å². The maximum atomic E-state index is 13.2. The Labute approximate surface area is 109 Å². The lowest BCUT2D eigenvalue weighted by Gasteiger charge is -2.23. The summed E-state index contributed by atoms with van der Waals surface area (Å²) in [4.78, 5) is 0. The molecule has 0 radical (unpaired) electrons. The highest BCUT2D eigenvalue weighted by Gasteiger charge is 2.23. The maximum Gasteiger partial charge on any atom is 0.126 e. The van der Waals surface area contributed by atoms with E-state index in [1.807, 2.05) is 27.7 Å². The molecule has 0 saturated carbocycles. The first-order chi connectivity index (χ1) is 8.24. The van der Waals surface area contributed by atoms with Gasteiger partial charge in [0.15, 0.2) is 0 Å². The first-order valence-corrected chi connectivity index (χ1v) is 7.03. The normalized spacial score (nSPS) is 15.4. The molecule has 0 aromatic heterocycles. The van der Waals surface area contributed by atoms with Crippen molar-refractivity contribution in [3.05, 3.63) is 35.4 Å². The highest BCUT2D eigenvalue weighted by Crippen LogP contribution is 2.21. The Morgan fingerprint density at radius 3 is 2.11 bits per heavy atom. The summed E-state index contributed by atoms with van der Waals surface area (Å²) >= 11 is 0. The summed E-state index contributed by atoms with van der Waals surface area (Å²) in [5.41, 5.74) is 0.479. The van der Waals surface area contributed by atoms with Gasteiger partial charge >= 0.3 is 0 Å². The molecule has 2 nitrogen and oxygen atoms in total. The van der Waals surface area contributed by atoms with Crippen molar-refractivity contribution in [2.24, 2.45) is 0 Å². The maximum absolute atomic E-state index is 13.2. The number of halogens is 2. The molecule has 0 fully saturated rings. The third-order valence-corrected chi connectivity index (χ3v) is 4.11. The van der Waals surface area contributed by atoms with Gasteiger partial charge in [0.1, 0.15) is 11.6 Å². The fourth-order valence-corrected chi connectivity index (χ4v) is 2.38. The lowest BCUT2D eigenvalue weighted by Crippen LogP contribution is -2.35. The van der Waals surface area contributed by atoms with Gasteiger partial charge < -0.3 is 0 Å². The first-order valence-electron chi connectivity index (χ1n) is 5.88. The molecule has 0 aliphatic carbocycles. The van der Waals surface area contributed by atoms with Crippen LogP contribution in [0, 0.1) is 11.6 Å². The highest BCUT2D eigenvalue weighted by molar-refractivity contribution is 7.84. The largest absolute Gasteiger partial charge is 0.242 e. The number of hydrogen-bond acceptors (Lipinski definition) is 1. The zero-order valence-electron chi connectivity index (χ0n) is 11.1. The zero-order chi connectivity index (χ0) is 13.9. The summed E-state index contributed by atoms with van der Waals surface area (Å²) in [7, 11) is -1.28. The minimum Gasteiger partial charge on any atom is -0.242 e. The van der Waals surface area contributed by atoms with E-state index >= 15 is 0 Å². The quantitative estimate of drug-likeness (QED) is 0.895. The molecule has 0 spiro atoms. The van der Waals surface area contributed by atoms with E-state index in [1.54, 1.807) is 0 Å².